The van der Waals surface area contributed by atoms with E-state index >= 15 is 0 Å². The van der Waals surface area contributed by atoms with Gasteiger partial charge in [-0.3, -0.25) is 9.69 Å². The molecule has 0 radical (unpaired) electrons. The number of halogens is 1. The van der Waals surface area contributed by atoms with E-state index in [-0.39, 0.29) is 5.92 Å². The molecule has 5 nitrogen and oxygen atoms in total. The Bertz CT molecular complexity index is 1020. The summed E-state index contributed by atoms with van der Waals surface area (Å²) in [5, 5.41) is 0.728. The van der Waals surface area contributed by atoms with Gasteiger partial charge in [0, 0.05) is 55.4 Å². The first-order valence-electron chi connectivity index (χ1n) is 10.4. The lowest BCUT2D eigenvalue weighted by Crippen LogP contribution is -2.50. The number of hydrogen-bond acceptors (Lipinski definition) is 3. The molecule has 6 heteroatoms. The highest BCUT2D eigenvalue weighted by Gasteiger charge is 2.31. The second-order valence-electron chi connectivity index (χ2n) is 8.07. The molecule has 0 atom stereocenters. The van der Waals surface area contributed by atoms with Gasteiger partial charge in [0.2, 0.25) is 5.91 Å². The zero-order valence-corrected chi connectivity index (χ0v) is 17.2. The van der Waals surface area contributed by atoms with E-state index in [0.29, 0.717) is 5.91 Å². The molecule has 3 aromatic rings. The van der Waals surface area contributed by atoms with Crippen molar-refractivity contribution in [3.05, 3.63) is 59.4 Å². The van der Waals surface area contributed by atoms with Gasteiger partial charge in [0.25, 0.3) is 0 Å². The Morgan fingerprint density at radius 1 is 1.03 bits per heavy atom. The summed E-state index contributed by atoms with van der Waals surface area (Å²) < 4.78 is 2.18. The molecule has 2 aliphatic rings. The van der Waals surface area contributed by atoms with Crippen LogP contribution in [0.4, 0.5) is 0 Å². The minimum absolute atomic E-state index is 0.289. The highest BCUT2D eigenvalue weighted by Crippen LogP contribution is 2.30. The van der Waals surface area contributed by atoms with Crippen molar-refractivity contribution in [3.63, 3.8) is 0 Å². The maximum absolute atomic E-state index is 12.5. The fourth-order valence-electron chi connectivity index (χ4n) is 4.29. The molecule has 1 aliphatic heterocycles. The van der Waals surface area contributed by atoms with Crippen LogP contribution >= 0.6 is 11.6 Å². The number of nitrogens with zero attached hydrogens (tertiary/aromatic N) is 4. The summed E-state index contributed by atoms with van der Waals surface area (Å²) in [7, 11) is 0. The first-order chi connectivity index (χ1) is 14.2. The van der Waals surface area contributed by atoms with Gasteiger partial charge in [-0.15, -0.1) is 0 Å². The van der Waals surface area contributed by atoms with E-state index in [1.807, 2.05) is 42.5 Å². The zero-order valence-electron chi connectivity index (χ0n) is 16.4. The van der Waals surface area contributed by atoms with Gasteiger partial charge in [-0.2, -0.15) is 0 Å². The minimum Gasteiger partial charge on any atom is -0.340 e. The van der Waals surface area contributed by atoms with Crippen LogP contribution in [0.1, 0.15) is 25.0 Å². The number of carbonyl (C=O) groups excluding carboxylic acids is 1. The summed E-state index contributed by atoms with van der Waals surface area (Å²) in [6.45, 7) is 4.26. The highest BCUT2D eigenvalue weighted by atomic mass is 35.5. The number of piperazine rings is 1. The van der Waals surface area contributed by atoms with E-state index in [2.05, 4.69) is 20.4 Å². The summed E-state index contributed by atoms with van der Waals surface area (Å²) in [6.07, 6.45) is 5.43. The fraction of sp³-hybridized carbons (Fsp3) is 0.391. The van der Waals surface area contributed by atoms with Crippen molar-refractivity contribution in [3.8, 4) is 11.3 Å². The number of benzene rings is 1. The Hall–Kier alpha value is -2.37. The van der Waals surface area contributed by atoms with Crippen molar-refractivity contribution in [1.82, 2.24) is 19.2 Å². The Labute approximate surface area is 175 Å². The predicted octanol–water partition coefficient (Wildman–Crippen LogP) is 4.10. The largest absolute Gasteiger partial charge is 0.340 e. The number of hydrogen-bond donors (Lipinski definition) is 0. The molecule has 2 fully saturated rings. The third kappa shape index (κ3) is 3.65. The molecule has 0 bridgehead atoms. The Morgan fingerprint density at radius 3 is 2.48 bits per heavy atom. The summed E-state index contributed by atoms with van der Waals surface area (Å²) in [4.78, 5) is 21.9. The van der Waals surface area contributed by atoms with Crippen molar-refractivity contribution in [2.24, 2.45) is 5.92 Å². The highest BCUT2D eigenvalue weighted by molar-refractivity contribution is 6.30. The van der Waals surface area contributed by atoms with Crippen LogP contribution in [0.3, 0.4) is 0 Å². The monoisotopic (exact) mass is 408 g/mol. The second kappa shape index (κ2) is 7.81. The van der Waals surface area contributed by atoms with Crippen molar-refractivity contribution < 1.29 is 4.79 Å². The quantitative estimate of drug-likeness (QED) is 0.652. The first-order valence-corrected chi connectivity index (χ1v) is 10.8. The molecule has 29 heavy (non-hydrogen) atoms. The molecule has 1 aromatic carbocycles. The molecule has 5 rings (SSSR count). The molecular formula is C23H25ClN4O. The summed E-state index contributed by atoms with van der Waals surface area (Å²) in [6, 6.07) is 14.0. The SMILES string of the molecule is O=C(C1CCC1)N1CCN(Cc2c(-c3ccc(Cl)cc3)nc3ccccn23)CC1. The van der Waals surface area contributed by atoms with Crippen molar-refractivity contribution in [2.75, 3.05) is 26.2 Å². The minimum atomic E-state index is 0.289. The van der Waals surface area contributed by atoms with Crippen LogP contribution in [-0.2, 0) is 11.3 Å². The molecule has 1 aliphatic carbocycles. The van der Waals surface area contributed by atoms with Crippen LogP contribution in [0.15, 0.2) is 48.7 Å². The van der Waals surface area contributed by atoms with Crippen LogP contribution in [0.2, 0.25) is 5.02 Å². The van der Waals surface area contributed by atoms with E-state index < -0.39 is 0 Å². The number of fused-ring (bicyclic) bond motifs is 1. The number of amides is 1. The molecule has 0 unspecified atom stereocenters. The van der Waals surface area contributed by atoms with E-state index in [1.54, 1.807) is 0 Å². The van der Waals surface area contributed by atoms with Crippen LogP contribution in [0.25, 0.3) is 16.9 Å². The van der Waals surface area contributed by atoms with E-state index in [0.717, 1.165) is 67.5 Å². The topological polar surface area (TPSA) is 40.9 Å². The average molecular weight is 409 g/mol. The van der Waals surface area contributed by atoms with E-state index in [1.165, 1.54) is 12.1 Å². The fourth-order valence-corrected chi connectivity index (χ4v) is 4.41. The Morgan fingerprint density at radius 2 is 1.79 bits per heavy atom. The molecule has 3 heterocycles. The third-order valence-electron chi connectivity index (χ3n) is 6.26. The molecule has 2 aromatic heterocycles. The van der Waals surface area contributed by atoms with E-state index in [9.17, 15) is 4.79 Å². The van der Waals surface area contributed by atoms with Crippen molar-refractivity contribution in [2.45, 2.75) is 25.8 Å². The number of pyridine rings is 1. The maximum Gasteiger partial charge on any atom is 0.225 e. The first kappa shape index (κ1) is 18.6. The van der Waals surface area contributed by atoms with Gasteiger partial charge in [-0.1, -0.05) is 36.2 Å². The molecule has 150 valence electrons. The van der Waals surface area contributed by atoms with Gasteiger partial charge in [-0.05, 0) is 37.1 Å². The van der Waals surface area contributed by atoms with Crippen molar-refractivity contribution >= 4 is 23.2 Å². The van der Waals surface area contributed by atoms with Crippen LogP contribution in [0, 0.1) is 5.92 Å². The number of rotatable bonds is 4. The van der Waals surface area contributed by atoms with Gasteiger partial charge in [0.15, 0.2) is 0 Å². The maximum atomic E-state index is 12.5. The van der Waals surface area contributed by atoms with Crippen LogP contribution in [-0.4, -0.2) is 51.3 Å². The Kier molecular flexibility index (Phi) is 5.02. The van der Waals surface area contributed by atoms with Gasteiger partial charge >= 0.3 is 0 Å². The zero-order chi connectivity index (χ0) is 19.8. The summed E-state index contributed by atoms with van der Waals surface area (Å²) in [5.74, 6) is 0.657. The molecular weight excluding hydrogens is 384 g/mol. The number of carbonyl (C=O) groups is 1. The number of imidazole rings is 1. The Balaban J connectivity index is 1.37. The molecule has 1 amide bonds. The van der Waals surface area contributed by atoms with Gasteiger partial charge in [0.05, 0.1) is 11.4 Å². The predicted molar refractivity (Wildman–Crippen MR) is 115 cm³/mol. The van der Waals surface area contributed by atoms with Gasteiger partial charge < -0.3 is 9.30 Å². The molecule has 0 N–H and O–H groups in total. The second-order valence-corrected chi connectivity index (χ2v) is 8.51. The van der Waals surface area contributed by atoms with Crippen LogP contribution in [0.5, 0.6) is 0 Å². The normalized spacial score (nSPS) is 18.2. The van der Waals surface area contributed by atoms with Crippen molar-refractivity contribution in [1.29, 1.82) is 0 Å². The standard InChI is InChI=1S/C23H25ClN4O/c24-19-9-7-17(8-10-19)22-20(28-11-2-1-6-21(28)25-22)16-26-12-14-27(15-13-26)23(29)18-4-3-5-18/h1-2,6-11,18H,3-5,12-16H2. The summed E-state index contributed by atoms with van der Waals surface area (Å²) in [5.41, 5.74) is 4.21. The smallest absolute Gasteiger partial charge is 0.225 e. The lowest BCUT2D eigenvalue weighted by molar-refractivity contribution is -0.140. The van der Waals surface area contributed by atoms with Gasteiger partial charge in [-0.25, -0.2) is 4.98 Å². The number of aromatic nitrogens is 2. The molecule has 1 saturated carbocycles. The average Bonchev–Trinajstić information content (AvgIpc) is 3.06. The lowest BCUT2D eigenvalue weighted by Gasteiger charge is -2.38. The molecule has 1 saturated heterocycles. The third-order valence-corrected chi connectivity index (χ3v) is 6.51. The molecule has 0 spiro atoms. The summed E-state index contributed by atoms with van der Waals surface area (Å²) >= 11 is 6.08. The lowest BCUT2D eigenvalue weighted by atomic mass is 9.84. The van der Waals surface area contributed by atoms with Gasteiger partial charge in [0.1, 0.15) is 5.65 Å². The van der Waals surface area contributed by atoms with Crippen LogP contribution < -0.4 is 0 Å². The van der Waals surface area contributed by atoms with E-state index in [4.69, 9.17) is 16.6 Å².